The number of alkyl carbamates (subject to hydrolysis) is 1. The van der Waals surface area contributed by atoms with Crippen LogP contribution in [0.15, 0.2) is 30.3 Å². The summed E-state index contributed by atoms with van der Waals surface area (Å²) in [6.45, 7) is 11.4. The average molecular weight is 559 g/mol. The Labute approximate surface area is 240 Å². The maximum Gasteiger partial charge on any atom is 0.408 e. The molecule has 0 heterocycles. The van der Waals surface area contributed by atoms with Gasteiger partial charge in [0.15, 0.2) is 0 Å². The zero-order valence-electron chi connectivity index (χ0n) is 25.2. The first kappa shape index (κ1) is 33.1. The van der Waals surface area contributed by atoms with Gasteiger partial charge < -0.3 is 26.0 Å². The Morgan fingerprint density at radius 3 is 2.15 bits per heavy atom. The minimum absolute atomic E-state index is 0.00738. The molecule has 1 aliphatic carbocycles. The molecular weight excluding hydrogens is 508 g/mol. The summed E-state index contributed by atoms with van der Waals surface area (Å²) < 4.78 is 5.42. The summed E-state index contributed by atoms with van der Waals surface area (Å²) >= 11 is 0. The number of nitrogens with zero attached hydrogens (tertiary/aromatic N) is 1. The summed E-state index contributed by atoms with van der Waals surface area (Å²) in [6, 6.07) is 6.98. The smallest absolute Gasteiger partial charge is 0.408 e. The number of nitrogens with two attached hydrogens (primary N) is 1. The van der Waals surface area contributed by atoms with E-state index in [0.717, 1.165) is 38.5 Å². The molecule has 9 heteroatoms. The van der Waals surface area contributed by atoms with Gasteiger partial charge >= 0.3 is 6.09 Å². The van der Waals surface area contributed by atoms with Gasteiger partial charge in [-0.2, -0.15) is 0 Å². The molecule has 1 saturated carbocycles. The lowest BCUT2D eigenvalue weighted by atomic mass is 9.93. The summed E-state index contributed by atoms with van der Waals surface area (Å²) in [5.74, 6) is -0.876. The minimum Gasteiger partial charge on any atom is -0.444 e. The quantitative estimate of drug-likeness (QED) is 0.314. The number of hydrogen-bond donors (Lipinski definition) is 3. The maximum absolute atomic E-state index is 14.4. The Morgan fingerprint density at radius 1 is 0.975 bits per heavy atom. The standard InChI is InChI=1S/C31H50N4O5/c1-21(2)17-18-22(3)35(29(38)25(19-20-26(32)36)34-30(39)40-31(4,5)6)27(23-13-9-7-10-14-23)28(37)33-24-15-11-8-12-16-24/h7,9-10,13-14,21-22,24-25,27H,8,11-12,15-20H2,1-6H3,(H2,32,36)(H,33,37)(H,34,39). The second-order valence-electron chi connectivity index (χ2n) is 12.4. The average Bonchev–Trinajstić information content (AvgIpc) is 2.87. The number of ether oxygens (including phenoxy) is 1. The van der Waals surface area contributed by atoms with Crippen LogP contribution in [0.4, 0.5) is 4.79 Å². The topological polar surface area (TPSA) is 131 Å². The van der Waals surface area contributed by atoms with Crippen LogP contribution in [0.1, 0.15) is 111 Å². The zero-order chi connectivity index (χ0) is 29.9. The van der Waals surface area contributed by atoms with Crippen molar-refractivity contribution in [3.8, 4) is 0 Å². The first-order valence-electron chi connectivity index (χ1n) is 14.7. The van der Waals surface area contributed by atoms with Crippen LogP contribution >= 0.6 is 0 Å². The Balaban J connectivity index is 2.51. The molecule has 9 nitrogen and oxygen atoms in total. The van der Waals surface area contributed by atoms with Crippen molar-refractivity contribution < 1.29 is 23.9 Å². The summed E-state index contributed by atoms with van der Waals surface area (Å²) in [7, 11) is 0. The molecule has 40 heavy (non-hydrogen) atoms. The van der Waals surface area contributed by atoms with Crippen LogP contribution in [-0.4, -0.2) is 52.4 Å². The molecule has 0 aromatic heterocycles. The molecule has 224 valence electrons. The highest BCUT2D eigenvalue weighted by atomic mass is 16.6. The van der Waals surface area contributed by atoms with Gasteiger partial charge in [0.25, 0.3) is 0 Å². The van der Waals surface area contributed by atoms with Crippen molar-refractivity contribution in [3.05, 3.63) is 35.9 Å². The number of carbonyl (C=O) groups excluding carboxylic acids is 4. The fraction of sp³-hybridized carbons (Fsp3) is 0.677. The van der Waals surface area contributed by atoms with Crippen molar-refractivity contribution in [1.29, 1.82) is 0 Å². The molecule has 0 bridgehead atoms. The lowest BCUT2D eigenvalue weighted by Crippen LogP contribution is -2.56. The van der Waals surface area contributed by atoms with Gasteiger partial charge in [0.2, 0.25) is 17.7 Å². The normalized spacial score (nSPS) is 16.5. The highest BCUT2D eigenvalue weighted by Gasteiger charge is 2.39. The number of primary amides is 1. The molecule has 3 unspecified atom stereocenters. The van der Waals surface area contributed by atoms with Crippen molar-refractivity contribution in [3.63, 3.8) is 0 Å². The van der Waals surface area contributed by atoms with Gasteiger partial charge in [-0.05, 0) is 71.3 Å². The SMILES string of the molecule is CC(C)CCC(C)N(C(=O)C(CCC(N)=O)NC(=O)OC(C)(C)C)C(C(=O)NC1CCCCC1)c1ccccc1. The number of amides is 4. The second-order valence-corrected chi connectivity index (χ2v) is 12.4. The van der Waals surface area contributed by atoms with Crippen LogP contribution in [0.3, 0.4) is 0 Å². The van der Waals surface area contributed by atoms with Crippen LogP contribution in [0.25, 0.3) is 0 Å². The molecule has 1 fully saturated rings. The summed E-state index contributed by atoms with van der Waals surface area (Å²) in [4.78, 5) is 54.4. The van der Waals surface area contributed by atoms with Crippen molar-refractivity contribution in [1.82, 2.24) is 15.5 Å². The van der Waals surface area contributed by atoms with Gasteiger partial charge in [-0.25, -0.2) is 4.79 Å². The molecule has 0 spiro atoms. The van der Waals surface area contributed by atoms with E-state index in [1.807, 2.05) is 37.3 Å². The van der Waals surface area contributed by atoms with Gasteiger partial charge in [0.05, 0.1) is 0 Å². The van der Waals surface area contributed by atoms with Crippen molar-refractivity contribution >= 4 is 23.8 Å². The molecule has 0 aliphatic heterocycles. The van der Waals surface area contributed by atoms with Crippen molar-refractivity contribution in [2.45, 2.75) is 129 Å². The van der Waals surface area contributed by atoms with Crippen molar-refractivity contribution in [2.24, 2.45) is 11.7 Å². The van der Waals surface area contributed by atoms with E-state index >= 15 is 0 Å². The highest BCUT2D eigenvalue weighted by molar-refractivity contribution is 5.92. The molecule has 4 N–H and O–H groups in total. The van der Waals surface area contributed by atoms with Crippen LogP contribution < -0.4 is 16.4 Å². The third-order valence-corrected chi connectivity index (χ3v) is 7.15. The van der Waals surface area contributed by atoms with E-state index in [0.29, 0.717) is 17.9 Å². The van der Waals surface area contributed by atoms with Gasteiger partial charge in [0.1, 0.15) is 17.7 Å². The number of benzene rings is 1. The Kier molecular flexibility index (Phi) is 12.9. The van der Waals surface area contributed by atoms with E-state index in [-0.39, 0.29) is 30.8 Å². The lowest BCUT2D eigenvalue weighted by molar-refractivity contribution is -0.145. The number of nitrogens with one attached hydrogen (secondary N) is 2. The molecule has 2 rings (SSSR count). The number of hydrogen-bond acceptors (Lipinski definition) is 5. The van der Waals surface area contributed by atoms with Crippen LogP contribution in [-0.2, 0) is 19.1 Å². The molecule has 0 radical (unpaired) electrons. The van der Waals surface area contributed by atoms with E-state index < -0.39 is 35.6 Å². The first-order chi connectivity index (χ1) is 18.8. The minimum atomic E-state index is -1.10. The molecule has 0 saturated heterocycles. The van der Waals surface area contributed by atoms with E-state index in [1.54, 1.807) is 25.7 Å². The summed E-state index contributed by atoms with van der Waals surface area (Å²) in [5, 5.41) is 5.88. The Bertz CT molecular complexity index is 970. The Morgan fingerprint density at radius 2 is 1.60 bits per heavy atom. The monoisotopic (exact) mass is 558 g/mol. The fourth-order valence-corrected chi connectivity index (χ4v) is 5.09. The molecule has 1 aromatic rings. The molecule has 1 aliphatic rings. The molecular formula is C31H50N4O5. The van der Waals surface area contributed by atoms with E-state index in [2.05, 4.69) is 24.5 Å². The van der Waals surface area contributed by atoms with Crippen LogP contribution in [0.2, 0.25) is 0 Å². The van der Waals surface area contributed by atoms with E-state index in [4.69, 9.17) is 10.5 Å². The number of carbonyl (C=O) groups is 4. The zero-order valence-corrected chi connectivity index (χ0v) is 25.2. The van der Waals surface area contributed by atoms with E-state index in [1.165, 1.54) is 0 Å². The third-order valence-electron chi connectivity index (χ3n) is 7.15. The molecule has 3 atom stereocenters. The molecule has 1 aromatic carbocycles. The number of rotatable bonds is 13. The predicted molar refractivity (Wildman–Crippen MR) is 156 cm³/mol. The Hall–Kier alpha value is -3.10. The third kappa shape index (κ3) is 11.2. The summed E-state index contributed by atoms with van der Waals surface area (Å²) in [5.41, 5.74) is 5.33. The van der Waals surface area contributed by atoms with Crippen LogP contribution in [0, 0.1) is 5.92 Å². The molecule has 4 amide bonds. The van der Waals surface area contributed by atoms with Gasteiger partial charge in [0, 0.05) is 18.5 Å². The van der Waals surface area contributed by atoms with Crippen LogP contribution in [0.5, 0.6) is 0 Å². The lowest BCUT2D eigenvalue weighted by Gasteiger charge is -2.39. The van der Waals surface area contributed by atoms with Gasteiger partial charge in [-0.3, -0.25) is 14.4 Å². The largest absolute Gasteiger partial charge is 0.444 e. The second kappa shape index (κ2) is 15.6. The first-order valence-corrected chi connectivity index (χ1v) is 14.7. The maximum atomic E-state index is 14.4. The van der Waals surface area contributed by atoms with Crippen molar-refractivity contribution in [2.75, 3.05) is 0 Å². The van der Waals surface area contributed by atoms with E-state index in [9.17, 15) is 19.2 Å². The highest BCUT2D eigenvalue weighted by Crippen LogP contribution is 2.29. The fourth-order valence-electron chi connectivity index (χ4n) is 5.09. The van der Waals surface area contributed by atoms with Gasteiger partial charge in [-0.15, -0.1) is 0 Å². The predicted octanol–water partition coefficient (Wildman–Crippen LogP) is 4.99. The summed E-state index contributed by atoms with van der Waals surface area (Å²) in [6.07, 6.45) is 5.72. The van der Waals surface area contributed by atoms with Gasteiger partial charge in [-0.1, -0.05) is 63.4 Å².